The van der Waals surface area contributed by atoms with Gasteiger partial charge < -0.3 is 19.6 Å². The number of fused-ring (bicyclic) bond motifs is 2. The molecule has 0 spiro atoms. The number of pyridine rings is 1. The van der Waals surface area contributed by atoms with Crippen molar-refractivity contribution in [2.45, 2.75) is 18.9 Å². The van der Waals surface area contributed by atoms with Crippen molar-refractivity contribution in [3.63, 3.8) is 0 Å². The summed E-state index contributed by atoms with van der Waals surface area (Å²) in [5.41, 5.74) is -0.378. The third-order valence-corrected chi connectivity index (χ3v) is 6.85. The van der Waals surface area contributed by atoms with E-state index in [0.29, 0.717) is 19.5 Å². The number of ether oxygens (including phenoxy) is 1. The van der Waals surface area contributed by atoms with Gasteiger partial charge in [-0.25, -0.2) is 9.37 Å². The molecule has 0 bridgehead atoms. The topological polar surface area (TPSA) is 103 Å². The van der Waals surface area contributed by atoms with Crippen LogP contribution in [0.15, 0.2) is 30.9 Å². The fourth-order valence-corrected chi connectivity index (χ4v) is 5.04. The summed E-state index contributed by atoms with van der Waals surface area (Å²) in [6, 6.07) is 3.30. The van der Waals surface area contributed by atoms with Gasteiger partial charge in [0.1, 0.15) is 34.5 Å². The lowest BCUT2D eigenvalue weighted by Crippen LogP contribution is -2.57. The van der Waals surface area contributed by atoms with E-state index < -0.39 is 23.5 Å². The predicted molar refractivity (Wildman–Crippen MR) is 125 cm³/mol. The van der Waals surface area contributed by atoms with Crippen LogP contribution in [0, 0.1) is 5.82 Å². The van der Waals surface area contributed by atoms with Crippen molar-refractivity contribution in [3.05, 3.63) is 47.3 Å². The molecular formula is C24H22ClFN4O5. The minimum atomic E-state index is -0.769. The second-order valence-electron chi connectivity index (χ2n) is 8.54. The van der Waals surface area contributed by atoms with Gasteiger partial charge in [0.05, 0.1) is 11.6 Å². The zero-order valence-corrected chi connectivity index (χ0v) is 19.4. The molecule has 1 aromatic heterocycles. The highest BCUT2D eigenvalue weighted by Gasteiger charge is 2.42. The highest BCUT2D eigenvalue weighted by atomic mass is 35.5. The lowest BCUT2D eigenvalue weighted by Gasteiger charge is -2.39. The summed E-state index contributed by atoms with van der Waals surface area (Å²) in [6.07, 6.45) is 2.06. The van der Waals surface area contributed by atoms with Gasteiger partial charge in [-0.1, -0.05) is 24.2 Å². The van der Waals surface area contributed by atoms with Crippen LogP contribution in [0.25, 0.3) is 11.3 Å². The van der Waals surface area contributed by atoms with Crippen LogP contribution in [0.5, 0.6) is 11.5 Å². The number of nitrogens with zero attached hydrogens (tertiary/aromatic N) is 4. The van der Waals surface area contributed by atoms with Crippen LogP contribution in [-0.4, -0.2) is 76.4 Å². The van der Waals surface area contributed by atoms with Crippen LogP contribution in [0.4, 0.5) is 10.2 Å². The van der Waals surface area contributed by atoms with E-state index in [-0.39, 0.29) is 71.3 Å². The second kappa shape index (κ2) is 8.84. The highest BCUT2D eigenvalue weighted by molar-refractivity contribution is 6.35. The Morgan fingerprint density at radius 1 is 1.26 bits per heavy atom. The number of hydrogen-bond acceptors (Lipinski definition) is 6. The van der Waals surface area contributed by atoms with Gasteiger partial charge >= 0.3 is 0 Å². The molecule has 11 heteroatoms. The molecule has 3 aliphatic rings. The first kappa shape index (κ1) is 23.1. The summed E-state index contributed by atoms with van der Waals surface area (Å²) in [5.74, 6) is -2.11. The molecule has 4 heterocycles. The number of anilines is 1. The van der Waals surface area contributed by atoms with Crippen molar-refractivity contribution in [2.24, 2.45) is 0 Å². The number of aromatic hydroxyl groups is 1. The number of piperazine rings is 1. The number of carbonyl (C=O) groups is 3. The van der Waals surface area contributed by atoms with E-state index in [1.54, 1.807) is 9.80 Å². The van der Waals surface area contributed by atoms with E-state index >= 15 is 0 Å². The summed E-state index contributed by atoms with van der Waals surface area (Å²) in [4.78, 5) is 47.6. The smallest absolute Gasteiger partial charge is 0.261 e. The summed E-state index contributed by atoms with van der Waals surface area (Å²) in [5, 5.41) is 10.2. The summed E-state index contributed by atoms with van der Waals surface area (Å²) < 4.78 is 20.8. The van der Waals surface area contributed by atoms with Crippen molar-refractivity contribution in [3.8, 4) is 22.8 Å². The van der Waals surface area contributed by atoms with E-state index in [1.165, 1.54) is 23.1 Å². The number of halogens is 2. The molecule has 2 aromatic rings. The van der Waals surface area contributed by atoms with Crippen LogP contribution in [0.1, 0.15) is 23.2 Å². The average Bonchev–Trinajstić information content (AvgIpc) is 3.21. The van der Waals surface area contributed by atoms with Gasteiger partial charge in [-0.3, -0.25) is 19.3 Å². The quantitative estimate of drug-likeness (QED) is 0.650. The number of benzene rings is 1. The van der Waals surface area contributed by atoms with Crippen molar-refractivity contribution in [1.82, 2.24) is 14.8 Å². The fraction of sp³-hybridized carbons (Fsp3) is 0.333. The van der Waals surface area contributed by atoms with Gasteiger partial charge in [-0.05, 0) is 24.6 Å². The molecule has 1 aromatic carbocycles. The van der Waals surface area contributed by atoms with Gasteiger partial charge in [0.2, 0.25) is 11.8 Å². The third kappa shape index (κ3) is 3.78. The summed E-state index contributed by atoms with van der Waals surface area (Å²) in [7, 11) is 0. The molecule has 2 fully saturated rings. The van der Waals surface area contributed by atoms with Crippen molar-refractivity contribution < 1.29 is 28.6 Å². The first-order valence-corrected chi connectivity index (χ1v) is 11.6. The fourth-order valence-electron chi connectivity index (χ4n) is 4.76. The average molecular weight is 501 g/mol. The molecule has 9 nitrogen and oxygen atoms in total. The van der Waals surface area contributed by atoms with Crippen molar-refractivity contribution in [2.75, 3.05) is 37.7 Å². The van der Waals surface area contributed by atoms with E-state index in [9.17, 15) is 23.9 Å². The largest absolute Gasteiger partial charge is 0.507 e. The van der Waals surface area contributed by atoms with Gasteiger partial charge in [0.25, 0.3) is 5.91 Å². The first-order chi connectivity index (χ1) is 16.8. The van der Waals surface area contributed by atoms with E-state index in [0.717, 1.165) is 6.07 Å². The van der Waals surface area contributed by atoms with Crippen molar-refractivity contribution in [1.29, 1.82) is 0 Å². The molecule has 1 atom stereocenters. The van der Waals surface area contributed by atoms with E-state index in [4.69, 9.17) is 16.3 Å². The molecule has 3 amide bonds. The Hall–Kier alpha value is -3.66. The van der Waals surface area contributed by atoms with Crippen LogP contribution in [0.3, 0.4) is 0 Å². The first-order valence-electron chi connectivity index (χ1n) is 11.2. The monoisotopic (exact) mass is 500 g/mol. The maximum absolute atomic E-state index is 14.8. The number of carbonyl (C=O) groups excluding carboxylic acids is 3. The lowest BCUT2D eigenvalue weighted by molar-refractivity contribution is -0.128. The molecule has 0 unspecified atom stereocenters. The van der Waals surface area contributed by atoms with Crippen LogP contribution in [-0.2, 0) is 9.59 Å². The predicted octanol–water partition coefficient (Wildman–Crippen LogP) is 2.60. The second-order valence-corrected chi connectivity index (χ2v) is 8.91. The molecule has 1 N–H and O–H groups in total. The molecule has 35 heavy (non-hydrogen) atoms. The third-order valence-electron chi connectivity index (χ3n) is 6.50. The Morgan fingerprint density at radius 2 is 2.06 bits per heavy atom. The Balaban J connectivity index is 1.68. The number of phenols is 1. The highest BCUT2D eigenvalue weighted by Crippen LogP contribution is 2.46. The maximum atomic E-state index is 14.8. The van der Waals surface area contributed by atoms with E-state index in [2.05, 4.69) is 11.6 Å². The Kier molecular flexibility index (Phi) is 5.84. The van der Waals surface area contributed by atoms with Gasteiger partial charge in [0, 0.05) is 32.6 Å². The Morgan fingerprint density at radius 3 is 2.74 bits per heavy atom. The number of aromatic nitrogens is 1. The summed E-state index contributed by atoms with van der Waals surface area (Å²) >= 11 is 6.64. The normalized spacial score (nSPS) is 19.7. The molecule has 2 saturated heterocycles. The zero-order valence-electron chi connectivity index (χ0n) is 18.7. The number of phenolic OH excluding ortho intramolecular Hbond substituents is 1. The SMILES string of the molecule is C=CC(=O)N1CCN2C(=O)c3c(N4CCCC4=O)nc(-c4c(O)cccc4F)c(Cl)c3OC[C@H]2C1. The molecule has 0 saturated carbocycles. The Labute approximate surface area is 205 Å². The zero-order chi connectivity index (χ0) is 24.9. The molecule has 0 radical (unpaired) electrons. The number of hydrogen-bond donors (Lipinski definition) is 1. The van der Waals surface area contributed by atoms with Crippen LogP contribution in [0.2, 0.25) is 5.02 Å². The molecule has 3 aliphatic heterocycles. The van der Waals surface area contributed by atoms with Crippen molar-refractivity contribution >= 4 is 35.1 Å². The standard InChI is InChI=1S/C24H22ClFN4O5/c1-2-16(32)28-9-10-29-13(11-28)12-35-22-19(24(29)34)23(30-8-4-7-17(30)33)27-21(20(22)25)18-14(26)5-3-6-15(18)31/h2-3,5-6,13,31H,1,4,7-12H2/t13-/m1/s1. The van der Waals surface area contributed by atoms with Crippen LogP contribution < -0.4 is 9.64 Å². The van der Waals surface area contributed by atoms with Gasteiger partial charge in [0.15, 0.2) is 11.6 Å². The van der Waals surface area contributed by atoms with Gasteiger partial charge in [-0.2, -0.15) is 0 Å². The van der Waals surface area contributed by atoms with Crippen LogP contribution >= 0.6 is 11.6 Å². The Bertz CT molecular complexity index is 1250. The number of rotatable bonds is 3. The molecule has 182 valence electrons. The molecule has 5 rings (SSSR count). The lowest BCUT2D eigenvalue weighted by atomic mass is 10.1. The molecular weight excluding hydrogens is 479 g/mol. The molecule has 0 aliphatic carbocycles. The van der Waals surface area contributed by atoms with Gasteiger partial charge in [-0.15, -0.1) is 0 Å². The summed E-state index contributed by atoms with van der Waals surface area (Å²) in [6.45, 7) is 4.63. The maximum Gasteiger partial charge on any atom is 0.261 e. The minimum absolute atomic E-state index is 0.0100. The number of amides is 3. The minimum Gasteiger partial charge on any atom is -0.507 e. The van der Waals surface area contributed by atoms with E-state index in [1.807, 2.05) is 0 Å².